The van der Waals surface area contributed by atoms with Crippen LogP contribution in [0.4, 0.5) is 0 Å². The summed E-state index contributed by atoms with van der Waals surface area (Å²) < 4.78 is 37.0. The van der Waals surface area contributed by atoms with E-state index in [0.717, 1.165) is 24.2 Å². The van der Waals surface area contributed by atoms with E-state index in [-0.39, 0.29) is 11.8 Å². The van der Waals surface area contributed by atoms with Crippen molar-refractivity contribution in [3.63, 3.8) is 0 Å². The van der Waals surface area contributed by atoms with E-state index in [9.17, 15) is 0 Å². The summed E-state index contributed by atoms with van der Waals surface area (Å²) in [6.45, 7) is 22.7. The minimum Gasteiger partial charge on any atom is -0.494 e. The zero-order valence-corrected chi connectivity index (χ0v) is 29.3. The van der Waals surface area contributed by atoms with Gasteiger partial charge in [-0.1, -0.05) is 57.4 Å². The topological polar surface area (TPSA) is 103 Å². The van der Waals surface area contributed by atoms with Crippen molar-refractivity contribution in [3.05, 3.63) is 71.5 Å². The molecule has 10 heteroatoms. The van der Waals surface area contributed by atoms with E-state index in [0.29, 0.717) is 28.7 Å². The molecular formula is C36H52B2N2O6. The third-order valence-electron chi connectivity index (χ3n) is 9.71. The first-order chi connectivity index (χ1) is 21.4. The van der Waals surface area contributed by atoms with Gasteiger partial charge in [0.1, 0.15) is 6.61 Å². The molecule has 2 heterocycles. The highest BCUT2D eigenvalue weighted by atomic mass is 16.7. The second kappa shape index (κ2) is 14.1. The first kappa shape index (κ1) is 35.9. The van der Waals surface area contributed by atoms with Gasteiger partial charge in [-0.25, -0.2) is 0 Å². The molecule has 0 aromatic heterocycles. The predicted molar refractivity (Wildman–Crippen MR) is 186 cm³/mol. The van der Waals surface area contributed by atoms with Crippen LogP contribution in [0.15, 0.2) is 54.8 Å². The molecule has 0 bridgehead atoms. The molecule has 2 aromatic rings. The Morgan fingerprint density at radius 3 is 1.61 bits per heavy atom. The summed E-state index contributed by atoms with van der Waals surface area (Å²) in [5, 5.41) is 17.5. The molecule has 0 radical (unpaired) electrons. The van der Waals surface area contributed by atoms with Gasteiger partial charge in [0.05, 0.1) is 28.2 Å². The van der Waals surface area contributed by atoms with Crippen LogP contribution in [0.2, 0.25) is 0 Å². The van der Waals surface area contributed by atoms with Crippen LogP contribution in [0.1, 0.15) is 118 Å². The van der Waals surface area contributed by atoms with Crippen molar-refractivity contribution < 1.29 is 28.1 Å². The highest BCUT2D eigenvalue weighted by Gasteiger charge is 2.54. The fourth-order valence-corrected chi connectivity index (χ4v) is 5.19. The first-order valence-corrected chi connectivity index (χ1v) is 16.6. The van der Waals surface area contributed by atoms with E-state index in [4.69, 9.17) is 38.9 Å². The van der Waals surface area contributed by atoms with Crippen LogP contribution in [0.25, 0.3) is 0 Å². The molecule has 2 N–H and O–H groups in total. The number of rotatable bonds is 13. The van der Waals surface area contributed by atoms with Crippen molar-refractivity contribution in [1.29, 1.82) is 10.8 Å². The summed E-state index contributed by atoms with van der Waals surface area (Å²) in [7, 11) is -1.32. The Bertz CT molecular complexity index is 1330. The van der Waals surface area contributed by atoms with Crippen molar-refractivity contribution in [2.45, 2.75) is 130 Å². The zero-order valence-electron chi connectivity index (χ0n) is 29.3. The minimum absolute atomic E-state index is 0.132. The highest BCUT2D eigenvalue weighted by Crippen LogP contribution is 2.38. The van der Waals surface area contributed by atoms with Crippen molar-refractivity contribution >= 4 is 37.0 Å². The third-order valence-corrected chi connectivity index (χ3v) is 9.71. The normalized spacial score (nSPS) is 19.2. The Balaban J connectivity index is 1.46. The van der Waals surface area contributed by atoms with E-state index in [2.05, 4.69) is 13.5 Å². The Morgan fingerprint density at radius 2 is 1.13 bits per heavy atom. The van der Waals surface area contributed by atoms with Crippen molar-refractivity contribution in [2.24, 2.45) is 0 Å². The van der Waals surface area contributed by atoms with Crippen molar-refractivity contribution in [1.82, 2.24) is 0 Å². The van der Waals surface area contributed by atoms with Crippen molar-refractivity contribution in [3.8, 4) is 0 Å². The average molecular weight is 630 g/mol. The maximum atomic E-state index is 8.85. The van der Waals surface area contributed by atoms with E-state index < -0.39 is 36.6 Å². The van der Waals surface area contributed by atoms with Gasteiger partial charge in [0.15, 0.2) is 0 Å². The molecule has 0 amide bonds. The molecule has 0 spiro atoms. The van der Waals surface area contributed by atoms with Gasteiger partial charge < -0.3 is 28.1 Å². The second-order valence-corrected chi connectivity index (χ2v) is 14.5. The molecular weight excluding hydrogens is 578 g/mol. The predicted octanol–water partition coefficient (Wildman–Crippen LogP) is 7.04. The van der Waals surface area contributed by atoms with Crippen LogP contribution in [0.3, 0.4) is 0 Å². The van der Waals surface area contributed by atoms with Gasteiger partial charge >= 0.3 is 14.2 Å². The molecule has 2 aromatic carbocycles. The lowest BCUT2D eigenvalue weighted by Gasteiger charge is -2.32. The van der Waals surface area contributed by atoms with E-state index in [1.54, 1.807) is 12.1 Å². The molecule has 4 rings (SSSR count). The number of nitrogens with one attached hydrogen (secondary N) is 2. The number of unbranched alkanes of at least 4 members (excludes halogenated alkanes) is 4. The summed E-state index contributed by atoms with van der Waals surface area (Å²) in [5.41, 5.74) is 1.26. The Hall–Kier alpha value is -2.91. The van der Waals surface area contributed by atoms with Gasteiger partial charge in [-0.15, -0.1) is 0 Å². The summed E-state index contributed by atoms with van der Waals surface area (Å²) in [6, 6.07) is 13.0. The summed E-state index contributed by atoms with van der Waals surface area (Å²) in [6.07, 6.45) is 6.92. The molecule has 46 heavy (non-hydrogen) atoms. The Labute approximate surface area is 276 Å². The quantitative estimate of drug-likeness (QED) is 0.0809. The summed E-state index contributed by atoms with van der Waals surface area (Å²) in [4.78, 5) is 0. The van der Waals surface area contributed by atoms with Crippen LogP contribution in [-0.2, 0) is 34.7 Å². The number of hydrogen-bond acceptors (Lipinski definition) is 8. The Kier molecular flexibility index (Phi) is 11.0. The van der Waals surface area contributed by atoms with Crippen molar-refractivity contribution in [2.75, 3.05) is 0 Å². The van der Waals surface area contributed by atoms with Gasteiger partial charge in [-0.05, 0) is 103 Å². The largest absolute Gasteiger partial charge is 0.494 e. The van der Waals surface area contributed by atoms with Crippen LogP contribution in [0, 0.1) is 10.8 Å². The van der Waals surface area contributed by atoms with Gasteiger partial charge in [0.25, 0.3) is 0 Å². The molecule has 2 saturated heterocycles. The van der Waals surface area contributed by atoms with Gasteiger partial charge in [-0.2, -0.15) is 0 Å². The average Bonchev–Trinajstić information content (AvgIpc) is 3.35. The third kappa shape index (κ3) is 8.32. The highest BCUT2D eigenvalue weighted by molar-refractivity contribution is 6.66. The van der Waals surface area contributed by atoms with Crippen LogP contribution < -0.4 is 10.9 Å². The smallest absolute Gasteiger partial charge is 0.494 e. The summed E-state index contributed by atoms with van der Waals surface area (Å²) in [5.74, 6) is 0.490. The number of ether oxygens (including phenoxy) is 2. The van der Waals surface area contributed by atoms with Gasteiger partial charge in [0, 0.05) is 17.5 Å². The molecule has 248 valence electrons. The fraction of sp³-hybridized carbons (Fsp3) is 0.556. The molecule has 0 aliphatic carbocycles. The lowest BCUT2D eigenvalue weighted by Crippen LogP contribution is -2.42. The monoisotopic (exact) mass is 630 g/mol. The fourth-order valence-electron chi connectivity index (χ4n) is 5.19. The minimum atomic E-state index is -0.662. The number of allylic oxidation sites excluding steroid dienone is 1. The number of benzene rings is 2. The maximum absolute atomic E-state index is 8.85. The van der Waals surface area contributed by atoms with Crippen LogP contribution in [-0.4, -0.2) is 48.4 Å². The maximum Gasteiger partial charge on any atom is 0.494 e. The van der Waals surface area contributed by atoms with E-state index in [1.807, 2.05) is 85.7 Å². The van der Waals surface area contributed by atoms with Gasteiger partial charge in [-0.3, -0.25) is 10.8 Å². The van der Waals surface area contributed by atoms with E-state index in [1.165, 1.54) is 25.7 Å². The second-order valence-electron chi connectivity index (χ2n) is 14.5. The molecule has 0 unspecified atom stereocenters. The lowest BCUT2D eigenvalue weighted by atomic mass is 9.71. The SMILES string of the molecule is C=C(CCCCCCC)OCc1ccc(C(=N)OC(=N)c2cc(B3OC(C)(C)C(C)(C)O3)cc(B3OC(C)(C)C(C)(C)O3)c2)cc1. The Morgan fingerprint density at radius 1 is 0.674 bits per heavy atom. The number of hydrogen-bond donors (Lipinski definition) is 2. The first-order valence-electron chi connectivity index (χ1n) is 16.6. The standard InChI is InChI=1S/C36H52B2N2O6/c1-11-12-13-14-15-16-25(2)41-24-26-17-19-27(20-18-26)31(39)42-32(40)28-21-29(37-43-33(3,4)34(5,6)44-37)23-30(22-28)38-45-35(7,8)36(9,10)46-38/h17-23,39-40H,2,11-16,24H2,1,3-10H3. The molecule has 2 fully saturated rings. The molecule has 2 aliphatic heterocycles. The lowest BCUT2D eigenvalue weighted by molar-refractivity contribution is 0.00578. The molecule has 0 atom stereocenters. The van der Waals surface area contributed by atoms with Crippen LogP contribution in [0.5, 0.6) is 0 Å². The van der Waals surface area contributed by atoms with E-state index >= 15 is 0 Å². The zero-order chi connectivity index (χ0) is 33.9. The molecule has 0 saturated carbocycles. The summed E-state index contributed by atoms with van der Waals surface area (Å²) >= 11 is 0. The molecule has 2 aliphatic rings. The molecule has 8 nitrogen and oxygen atoms in total. The van der Waals surface area contributed by atoms with Crippen LogP contribution >= 0.6 is 0 Å². The van der Waals surface area contributed by atoms with Gasteiger partial charge in [0.2, 0.25) is 11.8 Å².